The summed E-state index contributed by atoms with van der Waals surface area (Å²) < 4.78 is 11.2. The lowest BCUT2D eigenvalue weighted by Gasteiger charge is -2.40. The normalized spacial score (nSPS) is 20.6. The van der Waals surface area contributed by atoms with E-state index in [1.54, 1.807) is 0 Å². The number of hydrogen-bond donors (Lipinski definition) is 6. The van der Waals surface area contributed by atoms with E-state index in [0.29, 0.717) is 12.8 Å². The van der Waals surface area contributed by atoms with Crippen LogP contribution in [0.15, 0.2) is 109 Å². The van der Waals surface area contributed by atoms with Crippen LogP contribution in [0.25, 0.3) is 0 Å². The van der Waals surface area contributed by atoms with Gasteiger partial charge in [0.2, 0.25) is 5.91 Å². The molecule has 67 heavy (non-hydrogen) atoms. The second-order valence-corrected chi connectivity index (χ2v) is 17.9. The van der Waals surface area contributed by atoms with Crippen molar-refractivity contribution in [3.05, 3.63) is 109 Å². The summed E-state index contributed by atoms with van der Waals surface area (Å²) in [5.74, 6) is -0.161. The van der Waals surface area contributed by atoms with Gasteiger partial charge < -0.3 is 40.3 Å². The third-order valence-corrected chi connectivity index (χ3v) is 11.9. The van der Waals surface area contributed by atoms with Gasteiger partial charge in [-0.3, -0.25) is 4.79 Å². The van der Waals surface area contributed by atoms with Crippen molar-refractivity contribution in [1.82, 2.24) is 5.32 Å². The van der Waals surface area contributed by atoms with Crippen LogP contribution in [0.5, 0.6) is 0 Å². The lowest BCUT2D eigenvalue weighted by atomic mass is 9.99. The average molecular weight is 936 g/mol. The van der Waals surface area contributed by atoms with Crippen molar-refractivity contribution in [2.24, 2.45) is 0 Å². The molecule has 1 saturated heterocycles. The lowest BCUT2D eigenvalue weighted by molar-refractivity contribution is -0.302. The second-order valence-electron chi connectivity index (χ2n) is 17.9. The summed E-state index contributed by atoms with van der Waals surface area (Å²) in [4.78, 5) is 12.9. The van der Waals surface area contributed by atoms with E-state index in [1.807, 2.05) is 0 Å². The molecule has 0 saturated carbocycles. The third-order valence-electron chi connectivity index (χ3n) is 11.9. The van der Waals surface area contributed by atoms with Crippen LogP contribution in [0, 0.1) is 0 Å². The van der Waals surface area contributed by atoms with Gasteiger partial charge in [-0.05, 0) is 83.5 Å². The Labute approximate surface area is 408 Å². The van der Waals surface area contributed by atoms with Crippen LogP contribution < -0.4 is 5.32 Å². The van der Waals surface area contributed by atoms with Gasteiger partial charge in [-0.15, -0.1) is 0 Å². The van der Waals surface area contributed by atoms with Crippen molar-refractivity contribution >= 4 is 5.91 Å². The van der Waals surface area contributed by atoms with Gasteiger partial charge in [0, 0.05) is 6.42 Å². The molecule has 0 bridgehead atoms. The molecule has 6 N–H and O–H groups in total. The Kier molecular flexibility index (Phi) is 43.0. The molecule has 1 aliphatic rings. The largest absolute Gasteiger partial charge is 0.394 e. The van der Waals surface area contributed by atoms with E-state index in [4.69, 9.17) is 9.47 Å². The predicted octanol–water partition coefficient (Wildman–Crippen LogP) is 12.6. The average Bonchev–Trinajstić information content (AvgIpc) is 3.33. The maximum absolute atomic E-state index is 12.9. The fraction of sp³-hybridized carbons (Fsp3) is 0.672. The summed E-state index contributed by atoms with van der Waals surface area (Å²) in [7, 11) is 0. The second kappa shape index (κ2) is 46.6. The molecule has 1 rings (SSSR count). The van der Waals surface area contributed by atoms with E-state index >= 15 is 0 Å². The van der Waals surface area contributed by atoms with Crippen LogP contribution in [0.4, 0.5) is 0 Å². The molecule has 0 aromatic heterocycles. The van der Waals surface area contributed by atoms with Crippen molar-refractivity contribution in [3.8, 4) is 0 Å². The molecule has 0 aliphatic carbocycles. The Morgan fingerprint density at radius 3 is 1.37 bits per heavy atom. The van der Waals surface area contributed by atoms with E-state index < -0.39 is 49.5 Å². The minimum atomic E-state index is -1.56. The van der Waals surface area contributed by atoms with E-state index in [0.717, 1.165) is 109 Å². The van der Waals surface area contributed by atoms with Gasteiger partial charge in [0.15, 0.2) is 6.29 Å². The van der Waals surface area contributed by atoms with Gasteiger partial charge in [-0.1, -0.05) is 213 Å². The lowest BCUT2D eigenvalue weighted by Crippen LogP contribution is -2.60. The number of nitrogens with one attached hydrogen (secondary N) is 1. The van der Waals surface area contributed by atoms with Crippen LogP contribution in [0.1, 0.15) is 194 Å². The maximum atomic E-state index is 12.9. The Hall–Kier alpha value is -3.15. The Morgan fingerprint density at radius 2 is 0.925 bits per heavy atom. The monoisotopic (exact) mass is 936 g/mol. The molecular formula is C58H97NO8. The fourth-order valence-corrected chi connectivity index (χ4v) is 7.68. The Bertz CT molecular complexity index is 1410. The molecule has 1 aliphatic heterocycles. The van der Waals surface area contributed by atoms with Crippen molar-refractivity contribution in [1.29, 1.82) is 0 Å². The maximum Gasteiger partial charge on any atom is 0.220 e. The minimum Gasteiger partial charge on any atom is -0.394 e. The predicted molar refractivity (Wildman–Crippen MR) is 281 cm³/mol. The van der Waals surface area contributed by atoms with Crippen molar-refractivity contribution in [3.63, 3.8) is 0 Å². The first-order valence-corrected chi connectivity index (χ1v) is 26.6. The van der Waals surface area contributed by atoms with Crippen LogP contribution in [-0.2, 0) is 14.3 Å². The number of ether oxygens (including phenoxy) is 2. The molecule has 7 unspecified atom stereocenters. The van der Waals surface area contributed by atoms with Gasteiger partial charge in [0.05, 0.1) is 25.4 Å². The summed E-state index contributed by atoms with van der Waals surface area (Å²) >= 11 is 0. The Morgan fingerprint density at radius 1 is 0.522 bits per heavy atom. The first-order chi connectivity index (χ1) is 32.8. The zero-order valence-corrected chi connectivity index (χ0v) is 42.1. The van der Waals surface area contributed by atoms with E-state index in [2.05, 4.69) is 129 Å². The Balaban J connectivity index is 2.10. The minimum absolute atomic E-state index is 0.147. The highest BCUT2D eigenvalue weighted by molar-refractivity contribution is 5.76. The topological polar surface area (TPSA) is 149 Å². The van der Waals surface area contributed by atoms with Crippen LogP contribution in [0.2, 0.25) is 0 Å². The third kappa shape index (κ3) is 36.5. The molecule has 9 nitrogen and oxygen atoms in total. The van der Waals surface area contributed by atoms with Crippen LogP contribution in [0.3, 0.4) is 0 Å². The highest BCUT2D eigenvalue weighted by Crippen LogP contribution is 2.23. The number of allylic oxidation sites excluding steroid dienone is 18. The summed E-state index contributed by atoms with van der Waals surface area (Å²) in [5.41, 5.74) is 0. The molecule has 0 aromatic carbocycles. The number of amides is 1. The van der Waals surface area contributed by atoms with Gasteiger partial charge in [0.1, 0.15) is 24.4 Å². The molecule has 1 fully saturated rings. The fourth-order valence-electron chi connectivity index (χ4n) is 7.68. The number of carbonyl (C=O) groups is 1. The SMILES string of the molecule is CC/C=C\C/C=C\C/C=C\C/C=C\C/C=C\C/C=C\C/C=C\C/C=C\C/C=C\CCCCCCCCCCCC(=O)NC(COC1OC(CO)C(O)C(O)C1O)C(O)CCCCCCCCC. The molecule has 7 atom stereocenters. The van der Waals surface area contributed by atoms with E-state index in [-0.39, 0.29) is 12.5 Å². The molecule has 0 radical (unpaired) electrons. The van der Waals surface area contributed by atoms with Crippen LogP contribution >= 0.6 is 0 Å². The summed E-state index contributed by atoms with van der Waals surface area (Å²) in [6.45, 7) is 3.64. The smallest absolute Gasteiger partial charge is 0.220 e. The number of rotatable bonds is 43. The highest BCUT2D eigenvalue weighted by atomic mass is 16.7. The van der Waals surface area contributed by atoms with Crippen LogP contribution in [-0.4, -0.2) is 87.5 Å². The molecule has 1 amide bonds. The van der Waals surface area contributed by atoms with Gasteiger partial charge in [-0.2, -0.15) is 0 Å². The summed E-state index contributed by atoms with van der Waals surface area (Å²) in [6, 6.07) is -0.726. The molecule has 1 heterocycles. The van der Waals surface area contributed by atoms with Crippen molar-refractivity contribution in [2.45, 2.75) is 236 Å². The number of aliphatic hydroxyl groups excluding tert-OH is 5. The standard InChI is InChI=1S/C58H97NO8/c1-3-5-7-9-11-12-13-14-15-16-17-18-19-20-21-22-23-24-25-26-27-28-29-30-31-32-33-34-35-36-37-38-39-40-42-44-46-48-54(62)59-51(52(61)47-45-43-41-10-8-6-4-2)50-66-58-57(65)56(64)55(63)53(49-60)67-58/h5,7,11-12,14-15,17-18,20-21,23-24,26-27,29-30,32-33,51-53,55-58,60-61,63-65H,3-4,6,8-10,13,16,19,22,25,28,31,34-50H2,1-2H3,(H,59,62)/b7-5-,12-11-,15-14-,18-17-,21-20-,24-23-,27-26-,30-29-,33-32-. The number of carbonyl (C=O) groups excluding carboxylic acids is 1. The van der Waals surface area contributed by atoms with Gasteiger partial charge in [0.25, 0.3) is 0 Å². The summed E-state index contributed by atoms with van der Waals surface area (Å²) in [5, 5.41) is 54.1. The molecule has 9 heteroatoms. The highest BCUT2D eigenvalue weighted by Gasteiger charge is 2.44. The number of hydrogen-bond acceptors (Lipinski definition) is 8. The molecular weight excluding hydrogens is 839 g/mol. The zero-order chi connectivity index (χ0) is 48.7. The summed E-state index contributed by atoms with van der Waals surface area (Å²) in [6.07, 6.45) is 61.4. The first kappa shape index (κ1) is 61.9. The molecule has 382 valence electrons. The van der Waals surface area contributed by atoms with Crippen molar-refractivity contribution in [2.75, 3.05) is 13.2 Å². The van der Waals surface area contributed by atoms with E-state index in [9.17, 15) is 30.3 Å². The quantitative estimate of drug-likeness (QED) is 0.0261. The van der Waals surface area contributed by atoms with Gasteiger partial charge in [-0.25, -0.2) is 0 Å². The zero-order valence-electron chi connectivity index (χ0n) is 42.1. The van der Waals surface area contributed by atoms with E-state index in [1.165, 1.54) is 57.8 Å². The first-order valence-electron chi connectivity index (χ1n) is 26.6. The van der Waals surface area contributed by atoms with Gasteiger partial charge >= 0.3 is 0 Å². The molecule has 0 aromatic rings. The van der Waals surface area contributed by atoms with Crippen molar-refractivity contribution < 1.29 is 39.8 Å². The number of unbranched alkanes of at least 4 members (excludes halogenated alkanes) is 15. The number of aliphatic hydroxyl groups is 5. The molecule has 0 spiro atoms.